The summed E-state index contributed by atoms with van der Waals surface area (Å²) >= 11 is 6.22. The lowest BCUT2D eigenvalue weighted by molar-refractivity contribution is 0.323. The molecule has 1 aromatic carbocycles. The van der Waals surface area contributed by atoms with Gasteiger partial charge in [0.2, 0.25) is 0 Å². The molecule has 0 amide bonds. The molecule has 1 fully saturated rings. The fourth-order valence-electron chi connectivity index (χ4n) is 2.86. The molecule has 1 aliphatic rings. The van der Waals surface area contributed by atoms with Crippen LogP contribution in [0.2, 0.25) is 5.02 Å². The first kappa shape index (κ1) is 15.7. The van der Waals surface area contributed by atoms with Gasteiger partial charge in [-0.3, -0.25) is 0 Å². The highest BCUT2D eigenvalue weighted by atomic mass is 35.5. The van der Waals surface area contributed by atoms with Crippen molar-refractivity contribution in [3.63, 3.8) is 0 Å². The van der Waals surface area contributed by atoms with Crippen molar-refractivity contribution < 1.29 is 0 Å². The summed E-state index contributed by atoms with van der Waals surface area (Å²) in [5.41, 5.74) is 2.68. The van der Waals surface area contributed by atoms with Gasteiger partial charge in [-0.1, -0.05) is 38.4 Å². The molecule has 3 heteroatoms. The number of nitrogens with one attached hydrogen (secondary N) is 1. The molecule has 2 rings (SSSR count). The lowest BCUT2D eigenvalue weighted by atomic mass is 9.88. The first-order valence-corrected chi connectivity index (χ1v) is 8.23. The van der Waals surface area contributed by atoms with Gasteiger partial charge < -0.3 is 10.2 Å². The first-order chi connectivity index (χ1) is 9.61. The van der Waals surface area contributed by atoms with E-state index in [1.807, 2.05) is 6.07 Å². The molecule has 0 saturated carbocycles. The van der Waals surface area contributed by atoms with Crippen LogP contribution in [0.5, 0.6) is 0 Å². The second-order valence-corrected chi connectivity index (χ2v) is 6.58. The summed E-state index contributed by atoms with van der Waals surface area (Å²) in [6.45, 7) is 11.2. The summed E-state index contributed by atoms with van der Waals surface area (Å²) in [6, 6.07) is 6.31. The molecule has 0 aliphatic carbocycles. The van der Waals surface area contributed by atoms with Gasteiger partial charge >= 0.3 is 0 Å². The average molecular weight is 295 g/mol. The van der Waals surface area contributed by atoms with Crippen LogP contribution in [0.1, 0.15) is 39.2 Å². The van der Waals surface area contributed by atoms with E-state index in [2.05, 4.69) is 43.1 Å². The van der Waals surface area contributed by atoms with E-state index in [0.717, 1.165) is 43.0 Å². The molecule has 2 unspecified atom stereocenters. The molecule has 0 radical (unpaired) electrons. The minimum absolute atomic E-state index is 0.749. The number of nitrogens with zero attached hydrogens (tertiary/aromatic N) is 1. The van der Waals surface area contributed by atoms with E-state index in [-0.39, 0.29) is 0 Å². The highest BCUT2D eigenvalue weighted by Crippen LogP contribution is 2.31. The maximum Gasteiger partial charge on any atom is 0.0426 e. The number of rotatable bonds is 5. The third-order valence-corrected chi connectivity index (χ3v) is 4.70. The van der Waals surface area contributed by atoms with E-state index in [1.54, 1.807) is 0 Å². The van der Waals surface area contributed by atoms with E-state index in [9.17, 15) is 0 Å². The van der Waals surface area contributed by atoms with Crippen molar-refractivity contribution in [1.82, 2.24) is 5.32 Å². The zero-order chi connectivity index (χ0) is 14.5. The molecule has 2 nitrogen and oxygen atoms in total. The van der Waals surface area contributed by atoms with Crippen LogP contribution in [0, 0.1) is 11.8 Å². The third kappa shape index (κ3) is 3.89. The predicted octanol–water partition coefficient (Wildman–Crippen LogP) is 4.32. The summed E-state index contributed by atoms with van der Waals surface area (Å²) in [5, 5.41) is 4.34. The summed E-state index contributed by atoms with van der Waals surface area (Å²) in [5.74, 6) is 1.58. The highest BCUT2D eigenvalue weighted by Gasteiger charge is 2.24. The minimum Gasteiger partial charge on any atom is -0.371 e. The van der Waals surface area contributed by atoms with Gasteiger partial charge in [0.05, 0.1) is 0 Å². The topological polar surface area (TPSA) is 15.3 Å². The zero-order valence-corrected chi connectivity index (χ0v) is 13.7. The van der Waals surface area contributed by atoms with Crippen molar-refractivity contribution in [1.29, 1.82) is 0 Å². The first-order valence-electron chi connectivity index (χ1n) is 7.86. The molecule has 1 heterocycles. The smallest absolute Gasteiger partial charge is 0.0426 e. The molecule has 20 heavy (non-hydrogen) atoms. The number of halogens is 1. The fraction of sp³-hybridized carbons (Fsp3) is 0.647. The molecule has 1 aliphatic heterocycles. The Bertz CT molecular complexity index is 433. The van der Waals surface area contributed by atoms with Gasteiger partial charge in [0.25, 0.3) is 0 Å². The van der Waals surface area contributed by atoms with E-state index in [4.69, 9.17) is 11.6 Å². The Morgan fingerprint density at radius 2 is 2.10 bits per heavy atom. The van der Waals surface area contributed by atoms with Crippen LogP contribution in [0.15, 0.2) is 18.2 Å². The fourth-order valence-corrected chi connectivity index (χ4v) is 3.03. The van der Waals surface area contributed by atoms with E-state index < -0.39 is 0 Å². The maximum atomic E-state index is 6.22. The largest absolute Gasteiger partial charge is 0.371 e. The lowest BCUT2D eigenvalue weighted by Gasteiger charge is -2.38. The predicted molar refractivity (Wildman–Crippen MR) is 88.6 cm³/mol. The Morgan fingerprint density at radius 3 is 2.80 bits per heavy atom. The summed E-state index contributed by atoms with van der Waals surface area (Å²) in [4.78, 5) is 2.51. The van der Waals surface area contributed by atoms with Crippen LogP contribution in [0.25, 0.3) is 0 Å². The van der Waals surface area contributed by atoms with Crippen molar-refractivity contribution in [2.75, 3.05) is 24.5 Å². The Morgan fingerprint density at radius 1 is 1.30 bits per heavy atom. The average Bonchev–Trinajstić information content (AvgIpc) is 2.44. The number of piperidine rings is 1. The molecular weight excluding hydrogens is 268 g/mol. The summed E-state index contributed by atoms with van der Waals surface area (Å²) < 4.78 is 0. The van der Waals surface area contributed by atoms with Crippen molar-refractivity contribution >= 4 is 17.3 Å². The van der Waals surface area contributed by atoms with Gasteiger partial charge in [0, 0.05) is 30.3 Å². The maximum absolute atomic E-state index is 6.22. The van der Waals surface area contributed by atoms with Crippen LogP contribution < -0.4 is 10.2 Å². The Hall–Kier alpha value is -0.730. The van der Waals surface area contributed by atoms with E-state index >= 15 is 0 Å². The van der Waals surface area contributed by atoms with Gasteiger partial charge in [0.1, 0.15) is 0 Å². The molecule has 112 valence electrons. The van der Waals surface area contributed by atoms with Crippen LogP contribution in [-0.2, 0) is 6.54 Å². The second kappa shape index (κ2) is 7.33. The molecule has 2 atom stereocenters. The van der Waals surface area contributed by atoms with Crippen molar-refractivity contribution in [2.45, 2.75) is 40.2 Å². The monoisotopic (exact) mass is 294 g/mol. The zero-order valence-electron chi connectivity index (χ0n) is 13.0. The molecule has 1 N–H and O–H groups in total. The van der Waals surface area contributed by atoms with Crippen LogP contribution in [0.3, 0.4) is 0 Å². The number of hydrogen-bond donors (Lipinski definition) is 1. The lowest BCUT2D eigenvalue weighted by Crippen LogP contribution is -2.39. The van der Waals surface area contributed by atoms with Gasteiger partial charge in [0.15, 0.2) is 0 Å². The van der Waals surface area contributed by atoms with Gasteiger partial charge in [-0.25, -0.2) is 0 Å². The normalized spacial score (nSPS) is 23.1. The van der Waals surface area contributed by atoms with E-state index in [0.29, 0.717) is 0 Å². The number of hydrogen-bond acceptors (Lipinski definition) is 2. The van der Waals surface area contributed by atoms with Crippen molar-refractivity contribution in [3.05, 3.63) is 28.8 Å². The van der Waals surface area contributed by atoms with Gasteiger partial charge in [-0.15, -0.1) is 0 Å². The Labute approximate surface area is 128 Å². The molecular formula is C17H27ClN2. The standard InChI is InChI=1S/C17H27ClN2/c1-4-8-19-11-15-5-6-16(18)10-17(15)20-9-7-13(2)14(3)12-20/h5-6,10,13-14,19H,4,7-9,11-12H2,1-3H3. The van der Waals surface area contributed by atoms with Crippen LogP contribution in [-0.4, -0.2) is 19.6 Å². The molecule has 1 saturated heterocycles. The summed E-state index contributed by atoms with van der Waals surface area (Å²) in [6.07, 6.45) is 2.44. The Kier molecular flexibility index (Phi) is 5.74. The van der Waals surface area contributed by atoms with Crippen molar-refractivity contribution in [2.24, 2.45) is 11.8 Å². The Balaban J connectivity index is 2.14. The third-order valence-electron chi connectivity index (χ3n) is 4.46. The number of benzene rings is 1. The van der Waals surface area contributed by atoms with Crippen LogP contribution >= 0.6 is 11.6 Å². The van der Waals surface area contributed by atoms with Crippen LogP contribution in [0.4, 0.5) is 5.69 Å². The molecule has 1 aromatic rings. The molecule has 0 aromatic heterocycles. The number of anilines is 1. The van der Waals surface area contributed by atoms with Crippen molar-refractivity contribution in [3.8, 4) is 0 Å². The molecule has 0 spiro atoms. The SMILES string of the molecule is CCCNCc1ccc(Cl)cc1N1CCC(C)C(C)C1. The quantitative estimate of drug-likeness (QED) is 0.814. The molecule has 0 bridgehead atoms. The van der Waals surface area contributed by atoms with Gasteiger partial charge in [-0.05, 0) is 48.9 Å². The second-order valence-electron chi connectivity index (χ2n) is 6.14. The van der Waals surface area contributed by atoms with E-state index in [1.165, 1.54) is 24.1 Å². The minimum atomic E-state index is 0.749. The highest BCUT2D eigenvalue weighted by molar-refractivity contribution is 6.30. The van der Waals surface area contributed by atoms with Gasteiger partial charge in [-0.2, -0.15) is 0 Å². The summed E-state index contributed by atoms with van der Waals surface area (Å²) in [7, 11) is 0.